The lowest BCUT2D eigenvalue weighted by atomic mass is 10.1. The third kappa shape index (κ3) is 4.42. The molecule has 32 heavy (non-hydrogen) atoms. The van der Waals surface area contributed by atoms with Crippen LogP contribution in [-0.2, 0) is 0 Å². The van der Waals surface area contributed by atoms with Gasteiger partial charge in [0, 0.05) is 10.7 Å². The fourth-order valence-corrected chi connectivity index (χ4v) is 3.63. The highest BCUT2D eigenvalue weighted by Gasteiger charge is 2.15. The van der Waals surface area contributed by atoms with Crippen LogP contribution in [0, 0.1) is 13.8 Å². The van der Waals surface area contributed by atoms with Crippen LogP contribution in [0.25, 0.3) is 16.7 Å². The number of methoxy groups -OCH3 is 1. The van der Waals surface area contributed by atoms with E-state index in [0.29, 0.717) is 33.1 Å². The Morgan fingerprint density at radius 1 is 1.03 bits per heavy atom. The maximum atomic E-state index is 12.6. The number of carbonyl (C=O) groups is 1. The highest BCUT2D eigenvalue weighted by Crippen LogP contribution is 2.23. The van der Waals surface area contributed by atoms with E-state index in [1.165, 1.54) is 11.9 Å². The molecule has 0 fully saturated rings. The standard InChI is InChI=1S/C23H20ClN5O2S/c1-13-7-9-16(12-18(13)24)29-27-19-10-8-15(11-20(19)28-29)25-23(32)26-22(30)17-6-4-5-14(2)21(17)31-3/h4-12H,1-3H3,(H2,25,26,30,32). The van der Waals surface area contributed by atoms with Crippen LogP contribution in [0.3, 0.4) is 0 Å². The molecule has 0 atom stereocenters. The molecule has 0 spiro atoms. The van der Waals surface area contributed by atoms with E-state index in [9.17, 15) is 4.79 Å². The van der Waals surface area contributed by atoms with Gasteiger partial charge in [0.05, 0.1) is 18.4 Å². The first-order chi connectivity index (χ1) is 15.4. The molecule has 1 aromatic heterocycles. The van der Waals surface area contributed by atoms with E-state index in [1.807, 2.05) is 50.2 Å². The van der Waals surface area contributed by atoms with Crippen molar-refractivity contribution in [3.63, 3.8) is 0 Å². The number of nitrogens with one attached hydrogen (secondary N) is 2. The lowest BCUT2D eigenvalue weighted by Crippen LogP contribution is -2.34. The smallest absolute Gasteiger partial charge is 0.261 e. The number of carbonyl (C=O) groups excluding carboxylic acids is 1. The van der Waals surface area contributed by atoms with Crippen LogP contribution in [0.15, 0.2) is 54.6 Å². The number of anilines is 1. The molecule has 0 aliphatic rings. The summed E-state index contributed by atoms with van der Waals surface area (Å²) >= 11 is 11.5. The second kappa shape index (κ2) is 8.94. The van der Waals surface area contributed by atoms with Gasteiger partial charge in [-0.05, 0) is 73.6 Å². The van der Waals surface area contributed by atoms with Gasteiger partial charge < -0.3 is 10.1 Å². The second-order valence-electron chi connectivity index (χ2n) is 7.19. The molecule has 4 aromatic rings. The maximum Gasteiger partial charge on any atom is 0.261 e. The SMILES string of the molecule is COc1c(C)cccc1C(=O)NC(=S)Nc1ccc2nn(-c3ccc(C)c(Cl)c3)nc2c1. The molecule has 0 unspecified atom stereocenters. The Labute approximate surface area is 195 Å². The molecule has 0 radical (unpaired) electrons. The van der Waals surface area contributed by atoms with Gasteiger partial charge in [0.15, 0.2) is 5.11 Å². The zero-order valence-electron chi connectivity index (χ0n) is 17.6. The molecular formula is C23H20ClN5O2S. The van der Waals surface area contributed by atoms with E-state index in [4.69, 9.17) is 28.6 Å². The van der Waals surface area contributed by atoms with Crippen LogP contribution in [-0.4, -0.2) is 33.1 Å². The van der Waals surface area contributed by atoms with Crippen molar-refractivity contribution in [2.24, 2.45) is 0 Å². The predicted molar refractivity (Wildman–Crippen MR) is 130 cm³/mol. The Bertz CT molecular complexity index is 1350. The molecule has 4 rings (SSSR count). The molecule has 2 N–H and O–H groups in total. The molecule has 0 saturated carbocycles. The third-order valence-corrected chi connectivity index (χ3v) is 5.52. The predicted octanol–water partition coefficient (Wildman–Crippen LogP) is 4.83. The van der Waals surface area contributed by atoms with Crippen molar-refractivity contribution >= 4 is 51.6 Å². The summed E-state index contributed by atoms with van der Waals surface area (Å²) in [5.74, 6) is 0.161. The fraction of sp³-hybridized carbons (Fsp3) is 0.130. The minimum absolute atomic E-state index is 0.163. The molecule has 162 valence electrons. The number of para-hydroxylation sites is 1. The van der Waals surface area contributed by atoms with Crippen molar-refractivity contribution in [3.05, 3.63) is 76.3 Å². The van der Waals surface area contributed by atoms with Crippen molar-refractivity contribution in [2.75, 3.05) is 12.4 Å². The van der Waals surface area contributed by atoms with Crippen molar-refractivity contribution in [2.45, 2.75) is 13.8 Å². The number of hydrogen-bond donors (Lipinski definition) is 2. The van der Waals surface area contributed by atoms with Crippen LogP contribution in [0.2, 0.25) is 5.02 Å². The minimum atomic E-state index is -0.355. The molecule has 9 heteroatoms. The van der Waals surface area contributed by atoms with Gasteiger partial charge in [0.1, 0.15) is 16.8 Å². The lowest BCUT2D eigenvalue weighted by molar-refractivity contribution is 0.0974. The Balaban J connectivity index is 1.50. The number of aromatic nitrogens is 3. The largest absolute Gasteiger partial charge is 0.496 e. The first-order valence-corrected chi connectivity index (χ1v) is 10.5. The number of nitrogens with zero attached hydrogens (tertiary/aromatic N) is 3. The van der Waals surface area contributed by atoms with Crippen LogP contribution in [0.1, 0.15) is 21.5 Å². The number of ether oxygens (including phenoxy) is 1. The van der Waals surface area contributed by atoms with Crippen LogP contribution in [0.4, 0.5) is 5.69 Å². The van der Waals surface area contributed by atoms with Gasteiger partial charge in [-0.1, -0.05) is 29.8 Å². The number of thiocarbonyl (C=S) groups is 1. The van der Waals surface area contributed by atoms with Gasteiger partial charge in [-0.15, -0.1) is 10.2 Å². The molecule has 0 aliphatic carbocycles. The summed E-state index contributed by atoms with van der Waals surface area (Å²) in [5.41, 5.74) is 5.08. The molecule has 0 bridgehead atoms. The summed E-state index contributed by atoms with van der Waals surface area (Å²) in [6.45, 7) is 3.81. The third-order valence-electron chi connectivity index (χ3n) is 4.91. The normalized spacial score (nSPS) is 10.8. The summed E-state index contributed by atoms with van der Waals surface area (Å²) in [6, 6.07) is 16.4. The number of aryl methyl sites for hydroxylation is 2. The Morgan fingerprint density at radius 2 is 1.81 bits per heavy atom. The van der Waals surface area contributed by atoms with Crippen molar-refractivity contribution in [1.82, 2.24) is 20.3 Å². The number of benzene rings is 3. The van der Waals surface area contributed by atoms with Gasteiger partial charge in [0.2, 0.25) is 0 Å². The van der Waals surface area contributed by atoms with Gasteiger partial charge in [-0.3, -0.25) is 10.1 Å². The fourth-order valence-electron chi connectivity index (χ4n) is 3.25. The summed E-state index contributed by atoms with van der Waals surface area (Å²) in [5, 5.41) is 15.5. The highest BCUT2D eigenvalue weighted by molar-refractivity contribution is 7.80. The topological polar surface area (TPSA) is 81.1 Å². The van der Waals surface area contributed by atoms with Gasteiger partial charge >= 0.3 is 0 Å². The zero-order valence-corrected chi connectivity index (χ0v) is 19.2. The summed E-state index contributed by atoms with van der Waals surface area (Å²) < 4.78 is 5.35. The molecule has 7 nitrogen and oxygen atoms in total. The zero-order chi connectivity index (χ0) is 22.8. The number of amides is 1. The van der Waals surface area contributed by atoms with Crippen molar-refractivity contribution in [1.29, 1.82) is 0 Å². The lowest BCUT2D eigenvalue weighted by Gasteiger charge is -2.13. The minimum Gasteiger partial charge on any atom is -0.496 e. The van der Waals surface area contributed by atoms with E-state index < -0.39 is 0 Å². The summed E-state index contributed by atoms with van der Waals surface area (Å²) in [6.07, 6.45) is 0. The molecule has 3 aromatic carbocycles. The van der Waals surface area contributed by atoms with E-state index in [-0.39, 0.29) is 11.0 Å². The Hall–Kier alpha value is -3.49. The quantitative estimate of drug-likeness (QED) is 0.420. The maximum absolute atomic E-state index is 12.6. The first kappa shape index (κ1) is 21.7. The van der Waals surface area contributed by atoms with Gasteiger partial charge in [-0.2, -0.15) is 4.80 Å². The van der Waals surface area contributed by atoms with E-state index in [1.54, 1.807) is 18.2 Å². The van der Waals surface area contributed by atoms with Crippen LogP contribution in [0.5, 0.6) is 5.75 Å². The van der Waals surface area contributed by atoms with Gasteiger partial charge in [0.25, 0.3) is 5.91 Å². The van der Waals surface area contributed by atoms with Gasteiger partial charge in [-0.25, -0.2) is 0 Å². The molecular weight excluding hydrogens is 446 g/mol. The average molecular weight is 466 g/mol. The Kier molecular flexibility index (Phi) is 6.07. The average Bonchev–Trinajstić information content (AvgIpc) is 3.18. The Morgan fingerprint density at radius 3 is 2.56 bits per heavy atom. The number of fused-ring (bicyclic) bond motifs is 1. The monoisotopic (exact) mass is 465 g/mol. The molecule has 1 heterocycles. The molecule has 1 amide bonds. The number of rotatable bonds is 4. The highest BCUT2D eigenvalue weighted by atomic mass is 35.5. The van der Waals surface area contributed by atoms with E-state index in [2.05, 4.69) is 20.8 Å². The molecule has 0 aliphatic heterocycles. The van der Waals surface area contributed by atoms with Crippen molar-refractivity contribution < 1.29 is 9.53 Å². The second-order valence-corrected chi connectivity index (χ2v) is 8.01. The van der Waals surface area contributed by atoms with Crippen LogP contribution >= 0.6 is 23.8 Å². The van der Waals surface area contributed by atoms with Crippen LogP contribution < -0.4 is 15.4 Å². The van der Waals surface area contributed by atoms with E-state index >= 15 is 0 Å². The molecule has 0 saturated heterocycles. The van der Waals surface area contributed by atoms with E-state index in [0.717, 1.165) is 16.8 Å². The summed E-state index contributed by atoms with van der Waals surface area (Å²) in [4.78, 5) is 14.2. The summed E-state index contributed by atoms with van der Waals surface area (Å²) in [7, 11) is 1.53. The number of hydrogen-bond acceptors (Lipinski definition) is 5. The number of halogens is 1. The first-order valence-electron chi connectivity index (χ1n) is 9.75. The van der Waals surface area contributed by atoms with Crippen molar-refractivity contribution in [3.8, 4) is 11.4 Å².